The van der Waals surface area contributed by atoms with Crippen molar-refractivity contribution >= 4 is 22.3 Å². The molecule has 0 saturated carbocycles. The topological polar surface area (TPSA) is 32.0 Å². The molecular weight excluding hydrogens is 282 g/mol. The fraction of sp³-hybridized carbons (Fsp3) is 0.250. The van der Waals surface area contributed by atoms with Crippen LogP contribution in [0.15, 0.2) is 48.7 Å². The summed E-state index contributed by atoms with van der Waals surface area (Å²) < 4.78 is 2.11. The second-order valence-corrected chi connectivity index (χ2v) is 6.33. The lowest BCUT2D eigenvalue weighted by atomic mass is 9.98. The summed E-state index contributed by atoms with van der Waals surface area (Å²) in [4.78, 5) is 2.10. The molecule has 0 aliphatic carbocycles. The van der Waals surface area contributed by atoms with E-state index in [9.17, 15) is 0 Å². The maximum Gasteiger partial charge on any atom is 0.0486 e. The molecule has 0 amide bonds. The van der Waals surface area contributed by atoms with Crippen LogP contribution in [-0.4, -0.2) is 24.4 Å². The maximum absolute atomic E-state index is 8.61. The Hall–Kier alpha value is -2.55. The molecule has 0 radical (unpaired) electrons. The van der Waals surface area contributed by atoms with Crippen molar-refractivity contribution in [2.75, 3.05) is 19.0 Å². The molecule has 0 spiro atoms. The first-order valence-corrected chi connectivity index (χ1v) is 7.86. The third kappa shape index (κ3) is 2.87. The predicted molar refractivity (Wildman–Crippen MR) is 99.0 cm³/mol. The lowest BCUT2D eigenvalue weighted by molar-refractivity contribution is 0.967. The molecule has 1 N–H and O–H groups in total. The number of aryl methyl sites for hydroxylation is 2. The maximum atomic E-state index is 8.61. The van der Waals surface area contributed by atoms with Gasteiger partial charge in [-0.25, -0.2) is 0 Å². The van der Waals surface area contributed by atoms with Crippen LogP contribution in [-0.2, 0) is 13.5 Å². The largest absolute Gasteiger partial charge is 0.378 e. The molecule has 0 bridgehead atoms. The van der Waals surface area contributed by atoms with Crippen LogP contribution in [0.5, 0.6) is 0 Å². The first-order valence-electron chi connectivity index (χ1n) is 7.86. The lowest BCUT2D eigenvalue weighted by Crippen LogP contribution is -2.08. The second-order valence-electron chi connectivity index (χ2n) is 6.33. The lowest BCUT2D eigenvalue weighted by Gasteiger charge is -2.13. The van der Waals surface area contributed by atoms with Crippen molar-refractivity contribution in [3.63, 3.8) is 0 Å². The van der Waals surface area contributed by atoms with Crippen molar-refractivity contribution in [1.29, 1.82) is 5.41 Å². The van der Waals surface area contributed by atoms with Crippen LogP contribution >= 0.6 is 0 Å². The average Bonchev–Trinajstić information content (AvgIpc) is 2.86. The third-order valence-corrected chi connectivity index (χ3v) is 4.44. The van der Waals surface area contributed by atoms with Gasteiger partial charge in [-0.3, -0.25) is 0 Å². The summed E-state index contributed by atoms with van der Waals surface area (Å²) in [6.45, 7) is 2.11. The molecule has 0 unspecified atom stereocenters. The van der Waals surface area contributed by atoms with Crippen LogP contribution in [0.2, 0.25) is 0 Å². The van der Waals surface area contributed by atoms with Gasteiger partial charge in [0.25, 0.3) is 0 Å². The van der Waals surface area contributed by atoms with Crippen LogP contribution in [0.25, 0.3) is 10.9 Å². The highest BCUT2D eigenvalue weighted by atomic mass is 15.1. The van der Waals surface area contributed by atoms with Crippen molar-refractivity contribution < 1.29 is 0 Å². The highest BCUT2D eigenvalue weighted by Crippen LogP contribution is 2.26. The van der Waals surface area contributed by atoms with Gasteiger partial charge in [-0.15, -0.1) is 0 Å². The number of nitrogens with zero attached hydrogens (tertiary/aromatic N) is 2. The number of rotatable bonds is 4. The number of benzene rings is 2. The van der Waals surface area contributed by atoms with Crippen molar-refractivity contribution in [3.05, 3.63) is 65.4 Å². The number of hydrogen-bond donors (Lipinski definition) is 1. The molecular formula is C20H23N3. The highest BCUT2D eigenvalue weighted by Gasteiger charge is 2.13. The fourth-order valence-corrected chi connectivity index (χ4v) is 2.99. The zero-order chi connectivity index (χ0) is 16.6. The molecule has 0 atom stereocenters. The number of nitrogens with one attached hydrogen (secondary N) is 1. The fourth-order valence-electron chi connectivity index (χ4n) is 2.99. The standard InChI is InChI=1S/C20H23N3/c1-14-7-5-6-8-15(14)11-19(21)18-13-23(4)20-10-9-16(22(2)3)12-17(18)20/h5-10,12-13,21H,11H2,1-4H3. The minimum Gasteiger partial charge on any atom is -0.378 e. The molecule has 0 aliphatic heterocycles. The van der Waals surface area contributed by atoms with E-state index in [4.69, 9.17) is 5.41 Å². The number of hydrogen-bond acceptors (Lipinski definition) is 2. The quantitative estimate of drug-likeness (QED) is 0.721. The summed E-state index contributed by atoms with van der Waals surface area (Å²) in [6, 6.07) is 14.7. The van der Waals surface area contributed by atoms with Gasteiger partial charge in [0.05, 0.1) is 0 Å². The SMILES string of the molecule is Cc1ccccc1CC(=N)c1cn(C)c2ccc(N(C)C)cc12. The molecule has 3 heteroatoms. The zero-order valence-corrected chi connectivity index (χ0v) is 14.2. The van der Waals surface area contributed by atoms with Gasteiger partial charge in [0.15, 0.2) is 0 Å². The van der Waals surface area contributed by atoms with Crippen molar-refractivity contribution in [2.24, 2.45) is 7.05 Å². The van der Waals surface area contributed by atoms with Gasteiger partial charge in [0.1, 0.15) is 0 Å². The molecule has 1 aromatic heterocycles. The average molecular weight is 305 g/mol. The van der Waals surface area contributed by atoms with Crippen LogP contribution in [0.4, 0.5) is 5.69 Å². The monoisotopic (exact) mass is 305 g/mol. The summed E-state index contributed by atoms with van der Waals surface area (Å²) in [5, 5.41) is 9.76. The Labute approximate surface area is 137 Å². The molecule has 23 heavy (non-hydrogen) atoms. The summed E-state index contributed by atoms with van der Waals surface area (Å²) >= 11 is 0. The summed E-state index contributed by atoms with van der Waals surface area (Å²) in [7, 11) is 6.13. The number of aromatic nitrogens is 1. The highest BCUT2D eigenvalue weighted by molar-refractivity contribution is 6.10. The van der Waals surface area contributed by atoms with Gasteiger partial charge in [-0.1, -0.05) is 24.3 Å². The van der Waals surface area contributed by atoms with E-state index >= 15 is 0 Å². The van der Waals surface area contributed by atoms with E-state index in [-0.39, 0.29) is 0 Å². The van der Waals surface area contributed by atoms with E-state index in [0.717, 1.165) is 16.6 Å². The normalized spacial score (nSPS) is 11.0. The van der Waals surface area contributed by atoms with Gasteiger partial charge in [-0.2, -0.15) is 0 Å². The van der Waals surface area contributed by atoms with Gasteiger partial charge in [0.2, 0.25) is 0 Å². The Kier molecular flexibility index (Phi) is 3.95. The Balaban J connectivity index is 2.03. The van der Waals surface area contributed by atoms with E-state index in [1.54, 1.807) is 0 Å². The van der Waals surface area contributed by atoms with E-state index in [0.29, 0.717) is 12.1 Å². The van der Waals surface area contributed by atoms with Gasteiger partial charge in [-0.05, 0) is 36.2 Å². The first-order chi connectivity index (χ1) is 11.0. The van der Waals surface area contributed by atoms with E-state index in [1.165, 1.54) is 16.6 Å². The van der Waals surface area contributed by atoms with Crippen LogP contribution in [0.1, 0.15) is 16.7 Å². The molecule has 3 nitrogen and oxygen atoms in total. The van der Waals surface area contributed by atoms with Crippen LogP contribution in [0, 0.1) is 12.3 Å². The van der Waals surface area contributed by atoms with Crippen molar-refractivity contribution in [2.45, 2.75) is 13.3 Å². The molecule has 0 fully saturated rings. The van der Waals surface area contributed by atoms with Gasteiger partial charge in [0, 0.05) is 61.6 Å². The van der Waals surface area contributed by atoms with Gasteiger partial charge >= 0.3 is 0 Å². The summed E-state index contributed by atoms with van der Waals surface area (Å²) in [5.74, 6) is 0. The van der Waals surface area contributed by atoms with Gasteiger partial charge < -0.3 is 14.9 Å². The first kappa shape index (κ1) is 15.3. The second kappa shape index (κ2) is 5.92. The molecule has 1 heterocycles. The smallest absolute Gasteiger partial charge is 0.0486 e. The summed E-state index contributed by atoms with van der Waals surface area (Å²) in [5.41, 5.74) is 6.48. The van der Waals surface area contributed by atoms with E-state index < -0.39 is 0 Å². The zero-order valence-electron chi connectivity index (χ0n) is 14.2. The Morgan fingerprint density at radius 3 is 2.57 bits per heavy atom. The number of fused-ring (bicyclic) bond motifs is 1. The van der Waals surface area contributed by atoms with E-state index in [1.807, 2.05) is 33.3 Å². The summed E-state index contributed by atoms with van der Waals surface area (Å²) in [6.07, 6.45) is 2.74. The molecule has 118 valence electrons. The predicted octanol–water partition coefficient (Wildman–Crippen LogP) is 4.16. The Bertz CT molecular complexity index is 872. The van der Waals surface area contributed by atoms with Crippen LogP contribution in [0.3, 0.4) is 0 Å². The minimum absolute atomic E-state index is 0.665. The van der Waals surface area contributed by atoms with E-state index in [2.05, 4.69) is 52.9 Å². The molecule has 3 rings (SSSR count). The number of anilines is 1. The minimum atomic E-state index is 0.665. The molecule has 2 aromatic carbocycles. The van der Waals surface area contributed by atoms with Crippen LogP contribution < -0.4 is 4.90 Å². The Morgan fingerprint density at radius 2 is 1.87 bits per heavy atom. The third-order valence-electron chi connectivity index (χ3n) is 4.44. The molecule has 0 aliphatic rings. The Morgan fingerprint density at radius 1 is 1.13 bits per heavy atom. The van der Waals surface area contributed by atoms with Crippen molar-refractivity contribution in [3.8, 4) is 0 Å². The van der Waals surface area contributed by atoms with Crippen molar-refractivity contribution in [1.82, 2.24) is 4.57 Å². The molecule has 3 aromatic rings. The molecule has 0 saturated heterocycles.